The maximum absolute atomic E-state index is 12.1. The van der Waals surface area contributed by atoms with Crippen LogP contribution in [0, 0.1) is 17.4 Å². The van der Waals surface area contributed by atoms with Crippen molar-refractivity contribution in [2.45, 2.75) is 13.8 Å². The molecule has 0 radical (unpaired) electrons. The van der Waals surface area contributed by atoms with Crippen LogP contribution in [0.3, 0.4) is 0 Å². The molecule has 0 aliphatic heterocycles. The van der Waals surface area contributed by atoms with Gasteiger partial charge in [0, 0.05) is 31.8 Å². The lowest BCUT2D eigenvalue weighted by Gasteiger charge is -2.10. The Kier molecular flexibility index (Phi) is 6.24. The first kappa shape index (κ1) is 19.9. The van der Waals surface area contributed by atoms with Crippen LogP contribution in [0.1, 0.15) is 27.3 Å². The maximum Gasteiger partial charge on any atom is 0.271 e. The molecule has 0 bridgehead atoms. The minimum absolute atomic E-state index is 0.249. The van der Waals surface area contributed by atoms with Crippen molar-refractivity contribution in [3.8, 4) is 5.69 Å². The van der Waals surface area contributed by atoms with Crippen molar-refractivity contribution >= 4 is 57.9 Å². The normalized spacial score (nSPS) is 11.1. The molecule has 27 heavy (non-hydrogen) atoms. The molecule has 3 aromatic rings. The van der Waals surface area contributed by atoms with E-state index in [-0.39, 0.29) is 5.91 Å². The molecular formula is C20H16Cl2IN3O. The van der Waals surface area contributed by atoms with Crippen LogP contribution < -0.4 is 5.43 Å². The molecule has 7 heteroatoms. The molecule has 4 nitrogen and oxygen atoms in total. The lowest BCUT2D eigenvalue weighted by Crippen LogP contribution is -2.17. The Morgan fingerprint density at radius 2 is 1.78 bits per heavy atom. The van der Waals surface area contributed by atoms with Crippen LogP contribution in [-0.2, 0) is 0 Å². The first-order chi connectivity index (χ1) is 12.9. The average Bonchev–Trinajstić information content (AvgIpc) is 2.92. The van der Waals surface area contributed by atoms with Gasteiger partial charge in [-0.2, -0.15) is 5.10 Å². The molecule has 0 unspecified atom stereocenters. The van der Waals surface area contributed by atoms with Gasteiger partial charge < -0.3 is 4.57 Å². The van der Waals surface area contributed by atoms with E-state index in [2.05, 4.69) is 37.7 Å². The van der Waals surface area contributed by atoms with Crippen molar-refractivity contribution in [1.82, 2.24) is 9.99 Å². The summed E-state index contributed by atoms with van der Waals surface area (Å²) in [5.41, 5.74) is 6.95. The van der Waals surface area contributed by atoms with Gasteiger partial charge in [-0.05, 0) is 85.0 Å². The third-order valence-electron chi connectivity index (χ3n) is 4.11. The fraction of sp³-hybridized carbons (Fsp3) is 0.100. The second-order valence-electron chi connectivity index (χ2n) is 5.97. The highest BCUT2D eigenvalue weighted by Crippen LogP contribution is 2.27. The molecule has 0 spiro atoms. The fourth-order valence-electron chi connectivity index (χ4n) is 2.77. The van der Waals surface area contributed by atoms with E-state index < -0.39 is 0 Å². The van der Waals surface area contributed by atoms with Crippen molar-refractivity contribution in [1.29, 1.82) is 0 Å². The molecule has 0 saturated carbocycles. The molecule has 1 aromatic heterocycles. The zero-order valence-electron chi connectivity index (χ0n) is 14.6. The number of hydrogen-bond donors (Lipinski definition) is 1. The second-order valence-corrected chi connectivity index (χ2v) is 8.03. The number of benzene rings is 2. The molecule has 2 aromatic carbocycles. The summed E-state index contributed by atoms with van der Waals surface area (Å²) in [4.78, 5) is 12.1. The summed E-state index contributed by atoms with van der Waals surface area (Å²) in [5, 5.41) is 5.11. The minimum Gasteiger partial charge on any atom is -0.318 e. The minimum atomic E-state index is -0.249. The van der Waals surface area contributed by atoms with Crippen molar-refractivity contribution in [3.63, 3.8) is 0 Å². The van der Waals surface area contributed by atoms with E-state index in [0.717, 1.165) is 26.2 Å². The monoisotopic (exact) mass is 511 g/mol. The predicted molar refractivity (Wildman–Crippen MR) is 119 cm³/mol. The summed E-state index contributed by atoms with van der Waals surface area (Å²) in [6.07, 6.45) is 1.64. The Labute approximate surface area is 181 Å². The van der Waals surface area contributed by atoms with Crippen LogP contribution in [0.2, 0.25) is 10.0 Å². The van der Waals surface area contributed by atoms with E-state index in [1.165, 1.54) is 0 Å². The molecular weight excluding hydrogens is 496 g/mol. The van der Waals surface area contributed by atoms with E-state index in [0.29, 0.717) is 15.6 Å². The lowest BCUT2D eigenvalue weighted by molar-refractivity contribution is 0.0955. The highest BCUT2D eigenvalue weighted by Gasteiger charge is 2.11. The highest BCUT2D eigenvalue weighted by atomic mass is 127. The average molecular weight is 512 g/mol. The van der Waals surface area contributed by atoms with Crippen molar-refractivity contribution in [2.24, 2.45) is 5.10 Å². The van der Waals surface area contributed by atoms with Gasteiger partial charge in [0.1, 0.15) is 0 Å². The molecule has 1 N–H and O–H groups in total. The summed E-state index contributed by atoms with van der Waals surface area (Å²) < 4.78 is 3.13. The van der Waals surface area contributed by atoms with E-state index in [1.807, 2.05) is 44.2 Å². The standard InChI is InChI=1S/C20H16Cl2IN3O/c1-12-9-15(11-24-25-20(27)14-3-5-16(23)6-4-14)13(2)26(12)17-7-8-18(21)19(22)10-17/h3-11H,1-2H3,(H,25,27)/b24-11-. The number of carbonyl (C=O) groups excluding carboxylic acids is 1. The smallest absolute Gasteiger partial charge is 0.271 e. The van der Waals surface area contributed by atoms with Crippen molar-refractivity contribution < 1.29 is 4.79 Å². The largest absolute Gasteiger partial charge is 0.318 e. The number of aromatic nitrogens is 1. The zero-order chi connectivity index (χ0) is 19.6. The van der Waals surface area contributed by atoms with Gasteiger partial charge in [0.05, 0.1) is 16.3 Å². The molecule has 0 aliphatic carbocycles. The molecule has 138 valence electrons. The number of amides is 1. The van der Waals surface area contributed by atoms with Crippen LogP contribution >= 0.6 is 45.8 Å². The van der Waals surface area contributed by atoms with Gasteiger partial charge >= 0.3 is 0 Å². The maximum atomic E-state index is 12.1. The number of nitrogens with zero attached hydrogens (tertiary/aromatic N) is 2. The van der Waals surface area contributed by atoms with Gasteiger partial charge in [-0.25, -0.2) is 5.43 Å². The van der Waals surface area contributed by atoms with Crippen LogP contribution in [0.15, 0.2) is 53.6 Å². The fourth-order valence-corrected chi connectivity index (χ4v) is 3.42. The number of rotatable bonds is 4. The van der Waals surface area contributed by atoms with Gasteiger partial charge in [-0.3, -0.25) is 4.79 Å². The van der Waals surface area contributed by atoms with Gasteiger partial charge in [0.2, 0.25) is 0 Å². The van der Waals surface area contributed by atoms with Crippen LogP contribution in [0.5, 0.6) is 0 Å². The number of halogens is 3. The van der Waals surface area contributed by atoms with Crippen molar-refractivity contribution in [2.75, 3.05) is 0 Å². The summed E-state index contributed by atoms with van der Waals surface area (Å²) in [5.74, 6) is -0.249. The molecule has 1 amide bonds. The first-order valence-corrected chi connectivity index (χ1v) is 9.93. The van der Waals surface area contributed by atoms with E-state index in [4.69, 9.17) is 23.2 Å². The number of aryl methyl sites for hydroxylation is 1. The Morgan fingerprint density at radius 3 is 2.44 bits per heavy atom. The summed E-state index contributed by atoms with van der Waals surface area (Å²) >= 11 is 14.3. The molecule has 0 saturated heterocycles. The van der Waals surface area contributed by atoms with Crippen LogP contribution in [-0.4, -0.2) is 16.7 Å². The third-order valence-corrected chi connectivity index (χ3v) is 5.57. The van der Waals surface area contributed by atoms with E-state index in [9.17, 15) is 4.79 Å². The van der Waals surface area contributed by atoms with Gasteiger partial charge in [0.15, 0.2) is 0 Å². The Bertz CT molecular complexity index is 1030. The van der Waals surface area contributed by atoms with Gasteiger partial charge in [-0.1, -0.05) is 23.2 Å². The Balaban J connectivity index is 1.79. The van der Waals surface area contributed by atoms with E-state index in [1.54, 1.807) is 24.4 Å². The number of nitrogens with one attached hydrogen (secondary N) is 1. The Morgan fingerprint density at radius 1 is 1.07 bits per heavy atom. The quantitative estimate of drug-likeness (QED) is 0.270. The predicted octanol–water partition coefficient (Wildman–Crippen LogP) is 5.77. The number of hydrogen-bond acceptors (Lipinski definition) is 2. The van der Waals surface area contributed by atoms with Gasteiger partial charge in [-0.15, -0.1) is 0 Å². The van der Waals surface area contributed by atoms with Crippen LogP contribution in [0.25, 0.3) is 5.69 Å². The zero-order valence-corrected chi connectivity index (χ0v) is 18.3. The highest BCUT2D eigenvalue weighted by molar-refractivity contribution is 14.1. The molecule has 3 rings (SSSR count). The van der Waals surface area contributed by atoms with E-state index >= 15 is 0 Å². The van der Waals surface area contributed by atoms with Gasteiger partial charge in [0.25, 0.3) is 5.91 Å². The molecule has 0 fully saturated rings. The lowest BCUT2D eigenvalue weighted by atomic mass is 10.2. The molecule has 0 atom stereocenters. The topological polar surface area (TPSA) is 46.4 Å². The number of carbonyl (C=O) groups is 1. The second kappa shape index (κ2) is 8.46. The van der Waals surface area contributed by atoms with Crippen LogP contribution in [0.4, 0.5) is 0 Å². The SMILES string of the molecule is Cc1cc(/C=N\NC(=O)c2ccc(I)cc2)c(C)n1-c1ccc(Cl)c(Cl)c1. The summed E-state index contributed by atoms with van der Waals surface area (Å²) in [6, 6.07) is 14.8. The molecule has 0 aliphatic rings. The summed E-state index contributed by atoms with van der Waals surface area (Å²) in [7, 11) is 0. The van der Waals surface area contributed by atoms with Crippen molar-refractivity contribution in [3.05, 3.63) is 84.7 Å². The first-order valence-electron chi connectivity index (χ1n) is 8.10. The summed E-state index contributed by atoms with van der Waals surface area (Å²) in [6.45, 7) is 3.98. The number of hydrazone groups is 1. The third kappa shape index (κ3) is 4.54. The Hall–Kier alpha value is -1.83. The molecule has 1 heterocycles.